The fourth-order valence-corrected chi connectivity index (χ4v) is 1.40. The van der Waals surface area contributed by atoms with Gasteiger partial charge in [0.05, 0.1) is 16.3 Å². The van der Waals surface area contributed by atoms with E-state index in [9.17, 15) is 8.78 Å². The summed E-state index contributed by atoms with van der Waals surface area (Å²) in [6.45, 7) is 7.98. The highest BCUT2D eigenvalue weighted by molar-refractivity contribution is 14.1. The second kappa shape index (κ2) is 7.06. The van der Waals surface area contributed by atoms with Crippen LogP contribution >= 0.6 is 22.6 Å². The first-order chi connectivity index (χ1) is 7.12. The van der Waals surface area contributed by atoms with Gasteiger partial charge < -0.3 is 10.1 Å². The fourth-order valence-electron chi connectivity index (χ4n) is 1.09. The van der Waals surface area contributed by atoms with Crippen LogP contribution in [0.25, 0.3) is 0 Å². The van der Waals surface area contributed by atoms with Crippen LogP contribution in [-0.4, -0.2) is 28.7 Å². The summed E-state index contributed by atoms with van der Waals surface area (Å²) in [4.78, 5) is 0. The van der Waals surface area contributed by atoms with Crippen molar-refractivity contribution in [2.24, 2.45) is 0 Å². The molecular weight excluding hydrogens is 327 g/mol. The Morgan fingerprint density at radius 2 is 1.81 bits per heavy atom. The molecule has 1 unspecified atom stereocenters. The number of nitrogens with one attached hydrogen (secondary N) is 1. The first-order valence-electron chi connectivity index (χ1n) is 5.52. The Hall–Kier alpha value is 0.510. The lowest BCUT2D eigenvalue weighted by Gasteiger charge is -2.22. The normalized spacial score (nSPS) is 15.2. The minimum absolute atomic E-state index is 0.107. The van der Waals surface area contributed by atoms with Crippen LogP contribution in [0, 0.1) is 0 Å². The van der Waals surface area contributed by atoms with Crippen LogP contribution in [0.4, 0.5) is 8.78 Å². The van der Waals surface area contributed by atoms with Crippen molar-refractivity contribution < 1.29 is 13.5 Å². The molecule has 0 saturated heterocycles. The van der Waals surface area contributed by atoms with Crippen LogP contribution in [0.15, 0.2) is 0 Å². The van der Waals surface area contributed by atoms with Gasteiger partial charge in [-0.05, 0) is 27.7 Å². The van der Waals surface area contributed by atoms with Crippen molar-refractivity contribution >= 4 is 22.6 Å². The molecule has 98 valence electrons. The maximum absolute atomic E-state index is 13.3. The highest BCUT2D eigenvalue weighted by Gasteiger charge is 2.28. The van der Waals surface area contributed by atoms with Crippen molar-refractivity contribution in [3.63, 3.8) is 0 Å². The number of halogens is 3. The Morgan fingerprint density at radius 3 is 2.25 bits per heavy atom. The van der Waals surface area contributed by atoms with Crippen molar-refractivity contribution in [1.82, 2.24) is 5.32 Å². The van der Waals surface area contributed by atoms with Crippen molar-refractivity contribution in [2.45, 2.75) is 56.1 Å². The third-order valence-electron chi connectivity index (χ3n) is 1.92. The van der Waals surface area contributed by atoms with Crippen LogP contribution < -0.4 is 5.32 Å². The van der Waals surface area contributed by atoms with E-state index in [1.807, 2.05) is 27.7 Å². The zero-order chi connectivity index (χ0) is 12.8. The van der Waals surface area contributed by atoms with Crippen LogP contribution in [0.2, 0.25) is 0 Å². The van der Waals surface area contributed by atoms with Crippen LogP contribution in [-0.2, 0) is 4.74 Å². The molecule has 0 aliphatic carbocycles. The summed E-state index contributed by atoms with van der Waals surface area (Å²) in [7, 11) is 0. The Balaban J connectivity index is 3.70. The van der Waals surface area contributed by atoms with Crippen LogP contribution in [0.5, 0.6) is 0 Å². The summed E-state index contributed by atoms with van der Waals surface area (Å²) in [5, 5.41) is 2.97. The van der Waals surface area contributed by atoms with Gasteiger partial charge in [-0.25, -0.2) is 8.78 Å². The average Bonchev–Trinajstić information content (AvgIpc) is 1.99. The maximum atomic E-state index is 13.3. The van der Waals surface area contributed by atoms with E-state index in [2.05, 4.69) is 27.9 Å². The van der Waals surface area contributed by atoms with Gasteiger partial charge in [-0.1, -0.05) is 22.6 Å². The van der Waals surface area contributed by atoms with Gasteiger partial charge in [0, 0.05) is 19.4 Å². The number of hydrogen-bond donors (Lipinski definition) is 1. The summed E-state index contributed by atoms with van der Waals surface area (Å²) in [6, 6.07) is 0. The minimum Gasteiger partial charge on any atom is -0.376 e. The van der Waals surface area contributed by atoms with Gasteiger partial charge in [0.1, 0.15) is 0 Å². The third kappa shape index (κ3) is 11.0. The largest absolute Gasteiger partial charge is 0.376 e. The SMILES string of the molecule is CC(I)NCCC(F)(F)CCOC(C)(C)C. The van der Waals surface area contributed by atoms with Gasteiger partial charge in [-0.3, -0.25) is 0 Å². The molecule has 0 heterocycles. The predicted octanol–water partition coefficient (Wildman–Crippen LogP) is 3.59. The molecule has 0 radical (unpaired) electrons. The summed E-state index contributed by atoms with van der Waals surface area (Å²) >= 11 is 2.15. The van der Waals surface area contributed by atoms with Crippen molar-refractivity contribution in [2.75, 3.05) is 13.2 Å². The quantitative estimate of drug-likeness (QED) is 0.431. The fraction of sp³-hybridized carbons (Fsp3) is 1.00. The Morgan fingerprint density at radius 1 is 1.25 bits per heavy atom. The monoisotopic (exact) mass is 349 g/mol. The molecule has 0 spiro atoms. The van der Waals surface area contributed by atoms with E-state index in [1.165, 1.54) is 0 Å². The smallest absolute Gasteiger partial charge is 0.251 e. The summed E-state index contributed by atoms with van der Waals surface area (Å²) in [6.07, 6.45) is -0.338. The minimum atomic E-state index is -2.64. The lowest BCUT2D eigenvalue weighted by atomic mass is 10.1. The lowest BCUT2D eigenvalue weighted by molar-refractivity contribution is -0.0696. The van der Waals surface area contributed by atoms with Gasteiger partial charge in [-0.2, -0.15) is 0 Å². The number of hydrogen-bond acceptors (Lipinski definition) is 2. The molecule has 0 saturated carbocycles. The molecule has 2 nitrogen and oxygen atoms in total. The van der Waals surface area contributed by atoms with E-state index in [0.717, 1.165) is 0 Å². The van der Waals surface area contributed by atoms with Crippen LogP contribution in [0.3, 0.4) is 0 Å². The molecule has 0 fully saturated rings. The molecule has 5 heteroatoms. The third-order valence-corrected chi connectivity index (χ3v) is 2.36. The molecule has 0 aromatic heterocycles. The maximum Gasteiger partial charge on any atom is 0.251 e. The van der Waals surface area contributed by atoms with Gasteiger partial charge in [0.25, 0.3) is 5.92 Å². The van der Waals surface area contributed by atoms with E-state index in [1.54, 1.807) is 0 Å². The number of alkyl halides is 3. The lowest BCUT2D eigenvalue weighted by Crippen LogP contribution is -2.30. The predicted molar refractivity (Wildman–Crippen MR) is 71.4 cm³/mol. The Kier molecular flexibility index (Phi) is 7.28. The molecule has 0 aliphatic rings. The van der Waals surface area contributed by atoms with Crippen LogP contribution in [0.1, 0.15) is 40.5 Å². The van der Waals surface area contributed by atoms with E-state index in [0.29, 0.717) is 6.54 Å². The molecular formula is C11H22F2INO. The van der Waals surface area contributed by atoms with Crippen molar-refractivity contribution in [3.05, 3.63) is 0 Å². The summed E-state index contributed by atoms with van der Waals surface area (Å²) in [5.74, 6) is -2.64. The second-order valence-corrected chi connectivity index (χ2v) is 6.76. The van der Waals surface area contributed by atoms with Crippen molar-refractivity contribution in [1.29, 1.82) is 0 Å². The summed E-state index contributed by atoms with van der Waals surface area (Å²) in [5.41, 5.74) is -0.342. The van der Waals surface area contributed by atoms with Gasteiger partial charge in [-0.15, -0.1) is 0 Å². The molecule has 0 aliphatic heterocycles. The molecule has 16 heavy (non-hydrogen) atoms. The first kappa shape index (κ1) is 16.5. The number of ether oxygens (including phenoxy) is 1. The topological polar surface area (TPSA) is 21.3 Å². The van der Waals surface area contributed by atoms with Gasteiger partial charge >= 0.3 is 0 Å². The first-order valence-corrected chi connectivity index (χ1v) is 6.76. The molecule has 0 amide bonds. The van der Waals surface area contributed by atoms with E-state index < -0.39 is 5.92 Å². The Bertz CT molecular complexity index is 193. The highest BCUT2D eigenvalue weighted by Crippen LogP contribution is 2.23. The van der Waals surface area contributed by atoms with Gasteiger partial charge in [0.15, 0.2) is 0 Å². The second-order valence-electron chi connectivity index (χ2n) is 4.89. The van der Waals surface area contributed by atoms with Crippen molar-refractivity contribution in [3.8, 4) is 0 Å². The standard InChI is InChI=1S/C11H22F2INO/c1-9(14)15-7-5-11(12,13)6-8-16-10(2,3)4/h9,15H,5-8H2,1-4H3. The summed E-state index contributed by atoms with van der Waals surface area (Å²) < 4.78 is 32.2. The molecule has 0 aromatic rings. The molecule has 0 aromatic carbocycles. The zero-order valence-corrected chi connectivity index (χ0v) is 12.6. The zero-order valence-electron chi connectivity index (χ0n) is 10.4. The highest BCUT2D eigenvalue weighted by atomic mass is 127. The molecule has 0 bridgehead atoms. The van der Waals surface area contributed by atoms with E-state index >= 15 is 0 Å². The Labute approximate surface area is 111 Å². The number of rotatable bonds is 7. The van der Waals surface area contributed by atoms with E-state index in [-0.39, 0.29) is 29.1 Å². The van der Waals surface area contributed by atoms with E-state index in [4.69, 9.17) is 4.74 Å². The molecule has 0 rings (SSSR count). The van der Waals surface area contributed by atoms with Gasteiger partial charge in [0.2, 0.25) is 0 Å². The molecule has 1 N–H and O–H groups in total. The molecule has 1 atom stereocenters. The average molecular weight is 349 g/mol.